The lowest BCUT2D eigenvalue weighted by atomic mass is 10.2. The predicted octanol–water partition coefficient (Wildman–Crippen LogP) is 2.06. The summed E-state index contributed by atoms with van der Waals surface area (Å²) in [5.41, 5.74) is -0.567. The van der Waals surface area contributed by atoms with Gasteiger partial charge in [0.15, 0.2) is 0 Å². The van der Waals surface area contributed by atoms with Gasteiger partial charge in [-0.05, 0) is 12.1 Å². The summed E-state index contributed by atoms with van der Waals surface area (Å²) in [5, 5.41) is 11.0. The Kier molecular flexibility index (Phi) is 2.41. The maximum Gasteiger partial charge on any atom is 0.311 e. The lowest BCUT2D eigenvalue weighted by molar-refractivity contribution is -0.385. The number of fused-ring (bicyclic) bond motifs is 1. The molecule has 0 unspecified atom stereocenters. The fraction of sp³-hybridized carbons (Fsp3) is 0. The number of hydrogen-bond donors (Lipinski definition) is 1. The Bertz CT molecular complexity index is 673. The van der Waals surface area contributed by atoms with Crippen LogP contribution in [0.15, 0.2) is 28.5 Å². The molecule has 84 valence electrons. The summed E-state index contributed by atoms with van der Waals surface area (Å²) in [6.07, 6.45) is 0. The van der Waals surface area contributed by atoms with Gasteiger partial charge in [-0.15, -0.1) is 11.3 Å². The number of nitrogens with zero attached hydrogens (tertiary/aromatic N) is 1. The maximum absolute atomic E-state index is 11.0. The van der Waals surface area contributed by atoms with Gasteiger partial charge < -0.3 is 0 Å². The van der Waals surface area contributed by atoms with Crippen LogP contribution in [-0.4, -0.2) is 17.9 Å². The van der Waals surface area contributed by atoms with Gasteiger partial charge in [0.2, 0.25) is 4.21 Å². The zero-order chi connectivity index (χ0) is 11.9. The highest BCUT2D eigenvalue weighted by Gasteiger charge is 2.30. The van der Waals surface area contributed by atoms with Gasteiger partial charge >= 0.3 is 15.8 Å². The van der Waals surface area contributed by atoms with E-state index in [4.69, 9.17) is 4.55 Å². The highest BCUT2D eigenvalue weighted by Crippen LogP contribution is 2.39. The Morgan fingerprint density at radius 3 is 2.50 bits per heavy atom. The topological polar surface area (TPSA) is 97.5 Å². The molecule has 0 amide bonds. The van der Waals surface area contributed by atoms with E-state index in [2.05, 4.69) is 0 Å². The molecule has 0 bridgehead atoms. The molecule has 16 heavy (non-hydrogen) atoms. The van der Waals surface area contributed by atoms with Crippen LogP contribution in [0.4, 0.5) is 5.69 Å². The number of nitro groups is 1. The van der Waals surface area contributed by atoms with E-state index in [1.807, 2.05) is 0 Å². The van der Waals surface area contributed by atoms with Crippen LogP contribution in [0.25, 0.3) is 10.1 Å². The Morgan fingerprint density at radius 2 is 1.94 bits per heavy atom. The van der Waals surface area contributed by atoms with Gasteiger partial charge in [-0.2, -0.15) is 8.42 Å². The molecule has 2 rings (SSSR count). The van der Waals surface area contributed by atoms with E-state index in [1.165, 1.54) is 6.07 Å². The molecule has 2 aromatic rings. The standard InChI is InChI=1S/C8H5NO5S2/c10-9(11)7-5-3-1-2-4-6(5)15-8(7)16(12,13)14/h1-4H,(H,12,13,14). The number of benzene rings is 1. The third-order valence-electron chi connectivity index (χ3n) is 1.96. The molecule has 1 aromatic heterocycles. The number of rotatable bonds is 2. The third-order valence-corrected chi connectivity index (χ3v) is 4.45. The second-order valence-corrected chi connectivity index (χ2v) is 5.64. The Morgan fingerprint density at radius 1 is 1.31 bits per heavy atom. The molecule has 1 N–H and O–H groups in total. The van der Waals surface area contributed by atoms with Gasteiger partial charge in [0, 0.05) is 4.70 Å². The second-order valence-electron chi connectivity index (χ2n) is 2.97. The van der Waals surface area contributed by atoms with Crippen molar-refractivity contribution in [3.8, 4) is 0 Å². The van der Waals surface area contributed by atoms with Crippen molar-refractivity contribution in [2.24, 2.45) is 0 Å². The first-order valence-electron chi connectivity index (χ1n) is 4.04. The number of thiophene rings is 1. The molecule has 0 fully saturated rings. The maximum atomic E-state index is 11.0. The van der Waals surface area contributed by atoms with E-state index in [9.17, 15) is 18.5 Å². The molecule has 0 spiro atoms. The smallest absolute Gasteiger partial charge is 0.281 e. The van der Waals surface area contributed by atoms with Gasteiger partial charge in [-0.3, -0.25) is 14.7 Å². The average Bonchev–Trinajstić information content (AvgIpc) is 2.55. The summed E-state index contributed by atoms with van der Waals surface area (Å²) in [6, 6.07) is 6.20. The van der Waals surface area contributed by atoms with Gasteiger partial charge in [0.25, 0.3) is 0 Å². The molecule has 0 radical (unpaired) electrons. The van der Waals surface area contributed by atoms with Crippen molar-refractivity contribution in [2.75, 3.05) is 0 Å². The first-order valence-corrected chi connectivity index (χ1v) is 6.30. The van der Waals surface area contributed by atoms with Crippen molar-refractivity contribution >= 4 is 37.2 Å². The molecule has 6 nitrogen and oxygen atoms in total. The minimum absolute atomic E-state index is 0.213. The van der Waals surface area contributed by atoms with E-state index in [1.54, 1.807) is 18.2 Å². The van der Waals surface area contributed by atoms with Crippen molar-refractivity contribution in [3.63, 3.8) is 0 Å². The normalized spacial score (nSPS) is 11.8. The van der Waals surface area contributed by atoms with E-state index in [-0.39, 0.29) is 5.39 Å². The molecule has 0 saturated heterocycles. The molecule has 1 heterocycles. The fourth-order valence-electron chi connectivity index (χ4n) is 1.36. The first kappa shape index (κ1) is 11.0. The molecule has 0 aliphatic carbocycles. The van der Waals surface area contributed by atoms with E-state index < -0.39 is 24.9 Å². The van der Waals surface area contributed by atoms with E-state index in [0.29, 0.717) is 16.0 Å². The zero-order valence-electron chi connectivity index (χ0n) is 7.65. The monoisotopic (exact) mass is 259 g/mol. The van der Waals surface area contributed by atoms with Crippen LogP contribution in [0.2, 0.25) is 0 Å². The largest absolute Gasteiger partial charge is 0.311 e. The van der Waals surface area contributed by atoms with Crippen molar-refractivity contribution in [1.29, 1.82) is 0 Å². The van der Waals surface area contributed by atoms with Crippen molar-refractivity contribution < 1.29 is 17.9 Å². The van der Waals surface area contributed by atoms with Crippen LogP contribution in [0.5, 0.6) is 0 Å². The highest BCUT2D eigenvalue weighted by atomic mass is 32.3. The molecule has 1 aromatic carbocycles. The van der Waals surface area contributed by atoms with Gasteiger partial charge in [0.05, 0.1) is 10.3 Å². The molecular weight excluding hydrogens is 254 g/mol. The van der Waals surface area contributed by atoms with Crippen LogP contribution >= 0.6 is 11.3 Å². The van der Waals surface area contributed by atoms with Crippen LogP contribution in [0, 0.1) is 10.1 Å². The fourth-order valence-corrected chi connectivity index (χ4v) is 3.38. The third kappa shape index (κ3) is 1.66. The summed E-state index contributed by atoms with van der Waals surface area (Å²) in [7, 11) is -4.56. The Labute approximate surface area is 94.0 Å². The zero-order valence-corrected chi connectivity index (χ0v) is 9.29. The minimum atomic E-state index is -4.56. The predicted molar refractivity (Wildman–Crippen MR) is 58.3 cm³/mol. The van der Waals surface area contributed by atoms with Crippen molar-refractivity contribution in [2.45, 2.75) is 4.21 Å². The summed E-state index contributed by atoms with van der Waals surface area (Å²) in [6.45, 7) is 0. The van der Waals surface area contributed by atoms with Crippen molar-refractivity contribution in [3.05, 3.63) is 34.4 Å². The summed E-state index contributed by atoms with van der Waals surface area (Å²) < 4.78 is 30.7. The highest BCUT2D eigenvalue weighted by molar-refractivity contribution is 7.88. The summed E-state index contributed by atoms with van der Waals surface area (Å²) in [4.78, 5) is 9.98. The van der Waals surface area contributed by atoms with E-state index in [0.717, 1.165) is 0 Å². The lowest BCUT2D eigenvalue weighted by Gasteiger charge is -1.91. The number of hydrogen-bond acceptors (Lipinski definition) is 5. The van der Waals surface area contributed by atoms with Crippen LogP contribution in [-0.2, 0) is 10.1 Å². The van der Waals surface area contributed by atoms with Gasteiger partial charge in [0.1, 0.15) is 0 Å². The quantitative estimate of drug-likeness (QED) is 0.505. The van der Waals surface area contributed by atoms with E-state index >= 15 is 0 Å². The average molecular weight is 259 g/mol. The Hall–Kier alpha value is -1.51. The molecule has 0 aliphatic rings. The van der Waals surface area contributed by atoms with Crippen molar-refractivity contribution in [1.82, 2.24) is 0 Å². The van der Waals surface area contributed by atoms with Gasteiger partial charge in [-0.25, -0.2) is 0 Å². The van der Waals surface area contributed by atoms with Crippen LogP contribution in [0.1, 0.15) is 0 Å². The SMILES string of the molecule is O=[N+]([O-])c1c(S(=O)(=O)O)sc2ccccc12. The molecular formula is C8H5NO5S2. The molecule has 0 saturated carbocycles. The summed E-state index contributed by atoms with van der Waals surface area (Å²) >= 11 is 0.680. The van der Waals surface area contributed by atoms with Crippen LogP contribution < -0.4 is 0 Å². The first-order chi connectivity index (χ1) is 7.41. The molecule has 0 aliphatic heterocycles. The summed E-state index contributed by atoms with van der Waals surface area (Å²) in [5.74, 6) is 0. The second kappa shape index (κ2) is 3.51. The van der Waals surface area contributed by atoms with Gasteiger partial charge in [-0.1, -0.05) is 12.1 Å². The van der Waals surface area contributed by atoms with Crippen LogP contribution in [0.3, 0.4) is 0 Å². The lowest BCUT2D eigenvalue weighted by Crippen LogP contribution is -1.99. The molecule has 0 atom stereocenters. The molecule has 8 heteroatoms. The Balaban J connectivity index is 2.95. The minimum Gasteiger partial charge on any atom is -0.281 e.